The first-order chi connectivity index (χ1) is 6.59. The van der Waals surface area contributed by atoms with Crippen LogP contribution in [-0.4, -0.2) is 12.5 Å². The number of hydrogen-bond donors (Lipinski definition) is 0. The van der Waals surface area contributed by atoms with Crippen LogP contribution in [0.4, 0.5) is 14.5 Å². The van der Waals surface area contributed by atoms with Gasteiger partial charge in [0.05, 0.1) is 5.69 Å². The van der Waals surface area contributed by atoms with E-state index < -0.39 is 17.5 Å². The lowest BCUT2D eigenvalue weighted by Crippen LogP contribution is -2.26. The van der Waals surface area contributed by atoms with Gasteiger partial charge < -0.3 is 4.90 Å². The summed E-state index contributed by atoms with van der Waals surface area (Å²) in [7, 11) is 0. The van der Waals surface area contributed by atoms with E-state index in [1.807, 2.05) is 0 Å². The minimum Gasteiger partial charge on any atom is -0.312 e. The number of anilines is 1. The highest BCUT2D eigenvalue weighted by Crippen LogP contribution is 2.30. The van der Waals surface area contributed by atoms with Crippen LogP contribution in [0.15, 0.2) is 12.1 Å². The van der Waals surface area contributed by atoms with Crippen LogP contribution in [0, 0.1) is 18.6 Å². The standard InChI is InChI=1S/C10H8F2NO/c1-6(14)13-3-2-8-9(12)4-7(11)5-10(8)13/h4-5H,1-3H2. The molecule has 2 rings (SSSR count). The Hall–Kier alpha value is -1.45. The summed E-state index contributed by atoms with van der Waals surface area (Å²) in [6.07, 6.45) is 0.419. The fourth-order valence-electron chi connectivity index (χ4n) is 1.68. The summed E-state index contributed by atoms with van der Waals surface area (Å²) >= 11 is 0. The molecule has 1 aliphatic rings. The molecule has 0 saturated carbocycles. The van der Waals surface area contributed by atoms with Gasteiger partial charge in [-0.15, -0.1) is 0 Å². The van der Waals surface area contributed by atoms with Crippen molar-refractivity contribution in [1.29, 1.82) is 0 Å². The molecule has 14 heavy (non-hydrogen) atoms. The van der Waals surface area contributed by atoms with E-state index in [0.717, 1.165) is 12.1 Å². The fourth-order valence-corrected chi connectivity index (χ4v) is 1.68. The van der Waals surface area contributed by atoms with Crippen molar-refractivity contribution in [3.8, 4) is 0 Å². The zero-order valence-electron chi connectivity index (χ0n) is 7.39. The van der Waals surface area contributed by atoms with Crippen molar-refractivity contribution in [2.75, 3.05) is 11.4 Å². The summed E-state index contributed by atoms with van der Waals surface area (Å²) in [6.45, 7) is 3.59. The normalized spacial score (nSPS) is 14.4. The highest BCUT2D eigenvalue weighted by molar-refractivity contribution is 5.98. The number of benzene rings is 1. The maximum Gasteiger partial charge on any atom is 0.227 e. The molecule has 1 amide bonds. The van der Waals surface area contributed by atoms with E-state index in [-0.39, 0.29) is 0 Å². The molecule has 73 valence electrons. The van der Waals surface area contributed by atoms with Gasteiger partial charge in [-0.1, -0.05) is 0 Å². The average molecular weight is 196 g/mol. The first-order valence-electron chi connectivity index (χ1n) is 4.21. The van der Waals surface area contributed by atoms with Crippen LogP contribution in [0.25, 0.3) is 0 Å². The molecule has 0 N–H and O–H groups in total. The number of carbonyl (C=O) groups excluding carboxylic acids is 1. The summed E-state index contributed by atoms with van der Waals surface area (Å²) in [5.41, 5.74) is 0.700. The third-order valence-corrected chi connectivity index (χ3v) is 2.31. The molecule has 1 aromatic rings. The molecule has 0 aliphatic carbocycles. The molecular formula is C10H8F2NO. The molecule has 0 spiro atoms. The first kappa shape index (κ1) is 9.12. The summed E-state index contributed by atoms with van der Waals surface area (Å²) in [5, 5.41) is 0. The maximum absolute atomic E-state index is 13.2. The number of rotatable bonds is 0. The van der Waals surface area contributed by atoms with Gasteiger partial charge in [-0.3, -0.25) is 4.79 Å². The molecular weight excluding hydrogens is 188 g/mol. The second-order valence-electron chi connectivity index (χ2n) is 3.18. The Morgan fingerprint density at radius 1 is 1.43 bits per heavy atom. The van der Waals surface area contributed by atoms with Gasteiger partial charge in [0, 0.05) is 25.1 Å². The highest BCUT2D eigenvalue weighted by atomic mass is 19.1. The van der Waals surface area contributed by atoms with Crippen molar-refractivity contribution in [3.05, 3.63) is 36.3 Å². The topological polar surface area (TPSA) is 20.3 Å². The van der Waals surface area contributed by atoms with Crippen LogP contribution < -0.4 is 4.90 Å². The Bertz CT molecular complexity index is 403. The van der Waals surface area contributed by atoms with Gasteiger partial charge >= 0.3 is 0 Å². The minimum atomic E-state index is -0.672. The molecule has 0 atom stereocenters. The second kappa shape index (κ2) is 3.04. The number of nitrogens with zero attached hydrogens (tertiary/aromatic N) is 1. The van der Waals surface area contributed by atoms with Crippen LogP contribution in [0.2, 0.25) is 0 Å². The first-order valence-corrected chi connectivity index (χ1v) is 4.21. The van der Waals surface area contributed by atoms with E-state index in [9.17, 15) is 13.6 Å². The van der Waals surface area contributed by atoms with Crippen LogP contribution in [-0.2, 0) is 11.2 Å². The quantitative estimate of drug-likeness (QED) is 0.618. The number of hydrogen-bond acceptors (Lipinski definition) is 1. The lowest BCUT2D eigenvalue weighted by atomic mass is 10.1. The number of carbonyl (C=O) groups is 1. The van der Waals surface area contributed by atoms with Crippen LogP contribution in [0.1, 0.15) is 5.56 Å². The summed E-state index contributed by atoms with van der Waals surface area (Å²) < 4.78 is 26.1. The van der Waals surface area contributed by atoms with E-state index in [0.29, 0.717) is 24.2 Å². The lowest BCUT2D eigenvalue weighted by Gasteiger charge is -2.14. The van der Waals surface area contributed by atoms with E-state index in [4.69, 9.17) is 0 Å². The fraction of sp³-hybridized carbons (Fsp3) is 0.200. The molecule has 0 unspecified atom stereocenters. The lowest BCUT2D eigenvalue weighted by molar-refractivity contribution is -0.114. The average Bonchev–Trinajstić information content (AvgIpc) is 2.47. The van der Waals surface area contributed by atoms with Gasteiger partial charge in [0.15, 0.2) is 0 Å². The molecule has 0 saturated heterocycles. The van der Waals surface area contributed by atoms with Crippen molar-refractivity contribution in [2.24, 2.45) is 0 Å². The Morgan fingerprint density at radius 3 is 2.79 bits per heavy atom. The molecule has 4 heteroatoms. The van der Waals surface area contributed by atoms with E-state index in [2.05, 4.69) is 6.92 Å². The molecule has 1 aromatic carbocycles. The zero-order valence-corrected chi connectivity index (χ0v) is 7.39. The number of amides is 1. The van der Waals surface area contributed by atoms with E-state index >= 15 is 0 Å². The monoisotopic (exact) mass is 196 g/mol. The van der Waals surface area contributed by atoms with Gasteiger partial charge in [-0.05, 0) is 12.5 Å². The van der Waals surface area contributed by atoms with Gasteiger partial charge in [0.25, 0.3) is 0 Å². The van der Waals surface area contributed by atoms with Gasteiger partial charge in [0.2, 0.25) is 5.91 Å². The predicted octanol–water partition coefficient (Wildman–Crippen LogP) is 1.69. The minimum absolute atomic E-state index is 0.308. The maximum atomic E-state index is 13.2. The smallest absolute Gasteiger partial charge is 0.227 e. The summed E-state index contributed by atoms with van der Waals surface area (Å²) in [4.78, 5) is 12.3. The van der Waals surface area contributed by atoms with Crippen molar-refractivity contribution >= 4 is 11.6 Å². The van der Waals surface area contributed by atoms with Gasteiger partial charge in [-0.2, -0.15) is 0 Å². The SMILES string of the molecule is [CH2]C(=O)N1CCc2c(F)cc(F)cc21. The molecule has 2 nitrogen and oxygen atoms in total. The molecule has 0 fully saturated rings. The molecule has 1 radical (unpaired) electrons. The Balaban J connectivity index is 2.54. The molecule has 1 heterocycles. The third kappa shape index (κ3) is 1.27. The number of halogens is 2. The van der Waals surface area contributed by atoms with Gasteiger partial charge in [0.1, 0.15) is 11.6 Å². The van der Waals surface area contributed by atoms with Gasteiger partial charge in [-0.25, -0.2) is 8.78 Å². The second-order valence-corrected chi connectivity index (χ2v) is 3.18. The van der Waals surface area contributed by atoms with Crippen molar-refractivity contribution < 1.29 is 13.6 Å². The molecule has 0 bridgehead atoms. The van der Waals surface area contributed by atoms with Crippen LogP contribution in [0.3, 0.4) is 0 Å². The van der Waals surface area contributed by atoms with Crippen molar-refractivity contribution in [1.82, 2.24) is 0 Å². The summed E-state index contributed by atoms with van der Waals surface area (Å²) in [6, 6.07) is 1.99. The van der Waals surface area contributed by atoms with Crippen LogP contribution in [0.5, 0.6) is 0 Å². The number of fused-ring (bicyclic) bond motifs is 1. The van der Waals surface area contributed by atoms with E-state index in [1.165, 1.54) is 4.90 Å². The Morgan fingerprint density at radius 2 is 2.14 bits per heavy atom. The highest BCUT2D eigenvalue weighted by Gasteiger charge is 2.25. The van der Waals surface area contributed by atoms with E-state index in [1.54, 1.807) is 0 Å². The zero-order chi connectivity index (χ0) is 10.3. The molecule has 0 aromatic heterocycles. The van der Waals surface area contributed by atoms with Crippen molar-refractivity contribution in [3.63, 3.8) is 0 Å². The van der Waals surface area contributed by atoms with Crippen LogP contribution >= 0.6 is 0 Å². The molecule has 1 aliphatic heterocycles. The Kier molecular flexibility index (Phi) is 1.98. The summed E-state index contributed by atoms with van der Waals surface area (Å²) in [5.74, 6) is -1.70. The largest absolute Gasteiger partial charge is 0.312 e. The third-order valence-electron chi connectivity index (χ3n) is 2.31. The Labute approximate surface area is 80.1 Å². The van der Waals surface area contributed by atoms with Crippen molar-refractivity contribution in [2.45, 2.75) is 6.42 Å². The predicted molar refractivity (Wildman–Crippen MR) is 47.8 cm³/mol.